The Morgan fingerprint density at radius 3 is 1.65 bits per heavy atom. The Labute approximate surface area is 387 Å². The fraction of sp³-hybridized carbons (Fsp3) is 0.0159. The van der Waals surface area contributed by atoms with E-state index in [0.29, 0.717) is 5.82 Å². The molecule has 0 radical (unpaired) electrons. The van der Waals surface area contributed by atoms with Crippen molar-refractivity contribution >= 4 is 42.3 Å². The van der Waals surface area contributed by atoms with Gasteiger partial charge in [-0.15, -0.1) is 11.3 Å². The van der Waals surface area contributed by atoms with E-state index in [0.717, 1.165) is 39.2 Å². The van der Waals surface area contributed by atoms with E-state index in [4.69, 9.17) is 9.97 Å². The number of thiophene rings is 1. The van der Waals surface area contributed by atoms with Crippen molar-refractivity contribution < 1.29 is 0 Å². The zero-order chi connectivity index (χ0) is 43.6. The van der Waals surface area contributed by atoms with E-state index in [-0.39, 0.29) is 0 Å². The highest BCUT2D eigenvalue weighted by Gasteiger charge is 2.46. The summed E-state index contributed by atoms with van der Waals surface area (Å²) in [6.45, 7) is 0. The van der Waals surface area contributed by atoms with Gasteiger partial charge in [-0.25, -0.2) is 9.97 Å². The Morgan fingerprint density at radius 2 is 0.864 bits per heavy atom. The molecule has 12 aromatic rings. The fourth-order valence-electron chi connectivity index (χ4n) is 10.6. The highest BCUT2D eigenvalue weighted by atomic mass is 32.1. The average Bonchev–Trinajstić information content (AvgIpc) is 3.93. The maximum absolute atomic E-state index is 5.45. The lowest BCUT2D eigenvalue weighted by Gasteiger charge is -2.34. The molecule has 308 valence electrons. The van der Waals surface area contributed by atoms with Gasteiger partial charge in [0.05, 0.1) is 16.8 Å². The molecule has 2 heterocycles. The van der Waals surface area contributed by atoms with Crippen LogP contribution in [0.15, 0.2) is 243 Å². The summed E-state index contributed by atoms with van der Waals surface area (Å²) in [5.74, 6) is 0.687. The molecule has 2 nitrogen and oxygen atoms in total. The molecular weight excluding hydrogens is 817 g/mol. The van der Waals surface area contributed by atoms with E-state index in [9.17, 15) is 0 Å². The van der Waals surface area contributed by atoms with Gasteiger partial charge in [0.15, 0.2) is 5.82 Å². The second-order valence-electron chi connectivity index (χ2n) is 17.2. The molecule has 0 saturated carbocycles. The van der Waals surface area contributed by atoms with Gasteiger partial charge >= 0.3 is 0 Å². The molecule has 0 spiro atoms. The van der Waals surface area contributed by atoms with Gasteiger partial charge in [0.25, 0.3) is 0 Å². The van der Waals surface area contributed by atoms with Crippen molar-refractivity contribution in [1.29, 1.82) is 0 Å². The zero-order valence-corrected chi connectivity index (χ0v) is 36.7. The molecule has 0 saturated heterocycles. The fourth-order valence-corrected chi connectivity index (χ4v) is 11.8. The molecule has 0 aliphatic heterocycles. The summed E-state index contributed by atoms with van der Waals surface area (Å²) in [5.41, 5.74) is 16.4. The molecule has 10 aromatic carbocycles. The molecule has 66 heavy (non-hydrogen) atoms. The third-order valence-electron chi connectivity index (χ3n) is 13.6. The minimum atomic E-state index is -0.531. The van der Waals surface area contributed by atoms with Crippen LogP contribution in [0.3, 0.4) is 0 Å². The number of hydrogen-bond acceptors (Lipinski definition) is 3. The standard InChI is InChI=1S/C63H40N2S/c1-4-19-42(20-5-1)62-64-57(43-34-35-53-52-27-12-14-31-55(52)63(56(53)39-43,47-22-6-2-7-23-47)48-24-8-3-9-25-48)40-58(65-62)46-37-44(50-29-16-21-41-18-10-11-26-49(41)50)36-45(38-46)51-30-17-33-60-61(51)54-28-13-15-32-59(54)66-60/h1-40H. The van der Waals surface area contributed by atoms with Crippen molar-refractivity contribution in [3.63, 3.8) is 0 Å². The van der Waals surface area contributed by atoms with Crippen LogP contribution in [0.5, 0.6) is 0 Å². The molecule has 0 amide bonds. The Bertz CT molecular complexity index is 3770. The molecule has 1 aliphatic carbocycles. The number of benzene rings is 10. The van der Waals surface area contributed by atoms with E-state index in [2.05, 4.69) is 237 Å². The van der Waals surface area contributed by atoms with Gasteiger partial charge in [-0.05, 0) is 109 Å². The topological polar surface area (TPSA) is 25.8 Å². The third kappa shape index (κ3) is 6.09. The Hall–Kier alpha value is -8.24. The molecule has 0 N–H and O–H groups in total. The smallest absolute Gasteiger partial charge is 0.160 e. The molecule has 1 aliphatic rings. The van der Waals surface area contributed by atoms with Crippen molar-refractivity contribution in [2.75, 3.05) is 0 Å². The number of aromatic nitrogens is 2. The van der Waals surface area contributed by atoms with E-state index in [1.54, 1.807) is 0 Å². The lowest BCUT2D eigenvalue weighted by Crippen LogP contribution is -2.28. The Morgan fingerprint density at radius 1 is 0.318 bits per heavy atom. The number of nitrogens with zero attached hydrogens (tertiary/aromatic N) is 2. The molecule has 2 aromatic heterocycles. The first-order valence-electron chi connectivity index (χ1n) is 22.6. The number of rotatable bonds is 7. The third-order valence-corrected chi connectivity index (χ3v) is 14.7. The first kappa shape index (κ1) is 38.2. The lowest BCUT2D eigenvalue weighted by atomic mass is 9.67. The highest BCUT2D eigenvalue weighted by molar-refractivity contribution is 7.25. The van der Waals surface area contributed by atoms with Crippen molar-refractivity contribution in [2.24, 2.45) is 0 Å². The number of hydrogen-bond donors (Lipinski definition) is 0. The van der Waals surface area contributed by atoms with Crippen LogP contribution in [0.25, 0.3) is 98.2 Å². The summed E-state index contributed by atoms with van der Waals surface area (Å²) in [4.78, 5) is 10.9. The van der Waals surface area contributed by atoms with Gasteiger partial charge < -0.3 is 0 Å². The van der Waals surface area contributed by atoms with Gasteiger partial charge in [-0.3, -0.25) is 0 Å². The molecule has 0 bridgehead atoms. The maximum Gasteiger partial charge on any atom is 0.160 e. The minimum absolute atomic E-state index is 0.531. The van der Waals surface area contributed by atoms with Crippen LogP contribution in [-0.4, -0.2) is 9.97 Å². The predicted molar refractivity (Wildman–Crippen MR) is 277 cm³/mol. The second kappa shape index (κ2) is 15.5. The molecule has 0 unspecified atom stereocenters. The van der Waals surface area contributed by atoms with Crippen LogP contribution < -0.4 is 0 Å². The van der Waals surface area contributed by atoms with Crippen LogP contribution in [-0.2, 0) is 5.41 Å². The van der Waals surface area contributed by atoms with Gasteiger partial charge in [-0.2, -0.15) is 0 Å². The molecule has 0 atom stereocenters. The van der Waals surface area contributed by atoms with E-state index in [1.807, 2.05) is 17.4 Å². The van der Waals surface area contributed by atoms with Crippen LogP contribution in [0, 0.1) is 0 Å². The molecule has 0 fully saturated rings. The van der Waals surface area contributed by atoms with Crippen molar-refractivity contribution in [1.82, 2.24) is 9.97 Å². The molecular formula is C63H40N2S. The normalized spacial score (nSPS) is 12.7. The summed E-state index contributed by atoms with van der Waals surface area (Å²) >= 11 is 1.85. The largest absolute Gasteiger partial charge is 0.228 e. The van der Waals surface area contributed by atoms with Gasteiger partial charge in [-0.1, -0.05) is 200 Å². The Balaban J connectivity index is 1.07. The second-order valence-corrected chi connectivity index (χ2v) is 18.3. The summed E-state index contributed by atoms with van der Waals surface area (Å²) in [7, 11) is 0. The average molecular weight is 857 g/mol. The summed E-state index contributed by atoms with van der Waals surface area (Å²) < 4.78 is 2.57. The lowest BCUT2D eigenvalue weighted by molar-refractivity contribution is 0.768. The quantitative estimate of drug-likeness (QED) is 0.160. The monoisotopic (exact) mass is 856 g/mol. The van der Waals surface area contributed by atoms with Gasteiger partial charge in [0.2, 0.25) is 0 Å². The van der Waals surface area contributed by atoms with Crippen LogP contribution in [0.4, 0.5) is 0 Å². The minimum Gasteiger partial charge on any atom is -0.228 e. The van der Waals surface area contributed by atoms with E-state index in [1.165, 1.54) is 75.5 Å². The number of fused-ring (bicyclic) bond motifs is 7. The maximum atomic E-state index is 5.45. The highest BCUT2D eigenvalue weighted by Crippen LogP contribution is 2.57. The van der Waals surface area contributed by atoms with Gasteiger partial charge in [0, 0.05) is 36.9 Å². The van der Waals surface area contributed by atoms with Crippen LogP contribution >= 0.6 is 11.3 Å². The zero-order valence-electron chi connectivity index (χ0n) is 35.9. The van der Waals surface area contributed by atoms with E-state index >= 15 is 0 Å². The van der Waals surface area contributed by atoms with Crippen molar-refractivity contribution in [2.45, 2.75) is 5.41 Å². The summed E-state index contributed by atoms with van der Waals surface area (Å²) in [6, 6.07) is 88.3. The SMILES string of the molecule is c1ccc(-c2nc(-c3cc(-c4cccc5ccccc45)cc(-c4cccc5sc6ccccc6c45)c3)cc(-c3ccc4c(c3)C(c3ccccc3)(c3ccccc3)c3ccccc3-4)n2)cc1. The molecule has 13 rings (SSSR count). The van der Waals surface area contributed by atoms with Crippen molar-refractivity contribution in [3.05, 3.63) is 265 Å². The first-order chi connectivity index (χ1) is 32.7. The first-order valence-corrected chi connectivity index (χ1v) is 23.4. The van der Waals surface area contributed by atoms with Crippen molar-refractivity contribution in [3.8, 4) is 67.3 Å². The summed E-state index contributed by atoms with van der Waals surface area (Å²) in [5, 5.41) is 4.99. The van der Waals surface area contributed by atoms with E-state index < -0.39 is 5.41 Å². The predicted octanol–water partition coefficient (Wildman–Crippen LogP) is 16.7. The van der Waals surface area contributed by atoms with Crippen LogP contribution in [0.2, 0.25) is 0 Å². The summed E-state index contributed by atoms with van der Waals surface area (Å²) in [6.07, 6.45) is 0. The van der Waals surface area contributed by atoms with Crippen LogP contribution in [0.1, 0.15) is 22.3 Å². The Kier molecular flexibility index (Phi) is 8.97. The van der Waals surface area contributed by atoms with Gasteiger partial charge in [0.1, 0.15) is 0 Å². The molecule has 3 heteroatoms.